The fraction of sp³-hybridized carbons (Fsp3) is 0.417. The Morgan fingerprint density at radius 3 is 2.83 bits per heavy atom. The summed E-state index contributed by atoms with van der Waals surface area (Å²) in [5.41, 5.74) is -0.606. The van der Waals surface area contributed by atoms with Crippen molar-refractivity contribution in [1.29, 1.82) is 0 Å². The van der Waals surface area contributed by atoms with Gasteiger partial charge in [-0.1, -0.05) is 6.92 Å². The number of nitro groups is 1. The number of nitro benzene ring substituents is 1. The van der Waals surface area contributed by atoms with Crippen molar-refractivity contribution in [1.82, 2.24) is 5.32 Å². The number of amides is 1. The first-order valence-electron chi connectivity index (χ1n) is 5.71. The second-order valence-electron chi connectivity index (χ2n) is 4.60. The number of hydrogen-bond acceptors (Lipinski definition) is 3. The molecular formula is C12H13FN2O3. The second kappa shape index (κ2) is 4.72. The first kappa shape index (κ1) is 12.5. The lowest BCUT2D eigenvalue weighted by molar-refractivity contribution is -0.385. The van der Waals surface area contributed by atoms with Crippen LogP contribution < -0.4 is 5.32 Å². The molecule has 0 bridgehead atoms. The molecular weight excluding hydrogens is 239 g/mol. The van der Waals surface area contributed by atoms with Gasteiger partial charge in [0.25, 0.3) is 11.6 Å². The number of halogens is 1. The predicted octanol–water partition coefficient (Wildman–Crippen LogP) is 2.12. The number of carbonyl (C=O) groups excluding carboxylic acids is 1. The molecule has 0 aromatic heterocycles. The summed E-state index contributed by atoms with van der Waals surface area (Å²) in [7, 11) is 0. The molecule has 96 valence electrons. The van der Waals surface area contributed by atoms with E-state index in [0.29, 0.717) is 18.4 Å². The van der Waals surface area contributed by atoms with E-state index in [1.54, 1.807) is 0 Å². The van der Waals surface area contributed by atoms with Crippen LogP contribution in [0.25, 0.3) is 0 Å². The maximum absolute atomic E-state index is 13.0. The molecule has 1 amide bonds. The molecule has 6 heteroatoms. The number of hydrogen-bond donors (Lipinski definition) is 1. The molecule has 1 fully saturated rings. The quantitative estimate of drug-likeness (QED) is 0.659. The van der Waals surface area contributed by atoms with Gasteiger partial charge in [-0.15, -0.1) is 0 Å². The van der Waals surface area contributed by atoms with Gasteiger partial charge in [0.2, 0.25) is 0 Å². The average molecular weight is 252 g/mol. The lowest BCUT2D eigenvalue weighted by atomic mass is 10.1. The minimum atomic E-state index is -0.686. The van der Waals surface area contributed by atoms with Crippen molar-refractivity contribution >= 4 is 11.6 Å². The number of nitrogens with zero attached hydrogens (tertiary/aromatic N) is 1. The van der Waals surface area contributed by atoms with E-state index in [1.165, 1.54) is 0 Å². The highest BCUT2D eigenvalue weighted by molar-refractivity contribution is 5.98. The Balaban J connectivity index is 2.12. The van der Waals surface area contributed by atoms with Crippen molar-refractivity contribution in [2.45, 2.75) is 13.3 Å². The number of carbonyl (C=O) groups is 1. The molecule has 1 aromatic carbocycles. The molecule has 5 nitrogen and oxygen atoms in total. The van der Waals surface area contributed by atoms with E-state index in [-0.39, 0.29) is 11.3 Å². The third-order valence-electron chi connectivity index (χ3n) is 3.20. The largest absolute Gasteiger partial charge is 0.352 e. The summed E-state index contributed by atoms with van der Waals surface area (Å²) < 4.78 is 13.0. The molecule has 0 aliphatic heterocycles. The van der Waals surface area contributed by atoms with Crippen molar-refractivity contribution < 1.29 is 14.1 Å². The maximum atomic E-state index is 13.0. The molecule has 0 radical (unpaired) electrons. The van der Waals surface area contributed by atoms with E-state index in [9.17, 15) is 19.3 Å². The maximum Gasteiger partial charge on any atom is 0.282 e. The van der Waals surface area contributed by atoms with Crippen molar-refractivity contribution in [3.63, 3.8) is 0 Å². The van der Waals surface area contributed by atoms with Crippen LogP contribution in [-0.2, 0) is 0 Å². The van der Waals surface area contributed by atoms with Crippen LogP contribution in [0.3, 0.4) is 0 Å². The summed E-state index contributed by atoms with van der Waals surface area (Å²) in [6.07, 6.45) is 1.05. The fourth-order valence-electron chi connectivity index (χ4n) is 1.85. The highest BCUT2D eigenvalue weighted by Gasteiger charge is 2.33. The molecule has 2 atom stereocenters. The summed E-state index contributed by atoms with van der Waals surface area (Å²) in [5, 5.41) is 13.3. The van der Waals surface area contributed by atoms with E-state index in [1.807, 2.05) is 0 Å². The number of benzene rings is 1. The first-order valence-corrected chi connectivity index (χ1v) is 5.71. The molecule has 0 saturated heterocycles. The van der Waals surface area contributed by atoms with Crippen molar-refractivity contribution in [2.24, 2.45) is 11.8 Å². The zero-order chi connectivity index (χ0) is 13.3. The van der Waals surface area contributed by atoms with Gasteiger partial charge in [-0.05, 0) is 30.4 Å². The number of nitrogens with one attached hydrogen (secondary N) is 1. The monoisotopic (exact) mass is 252 g/mol. The molecule has 0 heterocycles. The summed E-state index contributed by atoms with van der Waals surface area (Å²) in [6, 6.07) is 2.87. The molecule has 1 saturated carbocycles. The van der Waals surface area contributed by atoms with Gasteiger partial charge >= 0.3 is 0 Å². The Labute approximate surface area is 103 Å². The minimum absolute atomic E-state index is 0.228. The molecule has 0 spiro atoms. The normalized spacial score (nSPS) is 21.4. The molecule has 1 aliphatic carbocycles. The molecule has 2 unspecified atom stereocenters. The summed E-state index contributed by atoms with van der Waals surface area (Å²) >= 11 is 0. The zero-order valence-electron chi connectivity index (χ0n) is 9.85. The molecule has 18 heavy (non-hydrogen) atoms. The van der Waals surface area contributed by atoms with Crippen LogP contribution in [0.2, 0.25) is 0 Å². The van der Waals surface area contributed by atoms with Crippen molar-refractivity contribution in [3.8, 4) is 0 Å². The predicted molar refractivity (Wildman–Crippen MR) is 62.7 cm³/mol. The van der Waals surface area contributed by atoms with Crippen molar-refractivity contribution in [2.75, 3.05) is 6.54 Å². The zero-order valence-corrected chi connectivity index (χ0v) is 9.85. The fourth-order valence-corrected chi connectivity index (χ4v) is 1.85. The van der Waals surface area contributed by atoms with Crippen LogP contribution in [-0.4, -0.2) is 17.4 Å². The van der Waals surface area contributed by atoms with Crippen LogP contribution in [0.1, 0.15) is 23.7 Å². The van der Waals surface area contributed by atoms with Crippen LogP contribution in [0.5, 0.6) is 0 Å². The lowest BCUT2D eigenvalue weighted by Crippen LogP contribution is -2.26. The van der Waals surface area contributed by atoms with Gasteiger partial charge in [0.05, 0.1) is 4.92 Å². The summed E-state index contributed by atoms with van der Waals surface area (Å²) in [5.74, 6) is -0.250. The van der Waals surface area contributed by atoms with E-state index in [4.69, 9.17) is 0 Å². The van der Waals surface area contributed by atoms with Crippen LogP contribution in [0.4, 0.5) is 10.1 Å². The van der Waals surface area contributed by atoms with Crippen LogP contribution >= 0.6 is 0 Å². The van der Waals surface area contributed by atoms with E-state index in [0.717, 1.165) is 24.6 Å². The highest BCUT2D eigenvalue weighted by atomic mass is 19.1. The second-order valence-corrected chi connectivity index (χ2v) is 4.60. The van der Waals surface area contributed by atoms with E-state index in [2.05, 4.69) is 12.2 Å². The van der Waals surface area contributed by atoms with Crippen molar-refractivity contribution in [3.05, 3.63) is 39.7 Å². The third kappa shape index (κ3) is 2.64. The van der Waals surface area contributed by atoms with Gasteiger partial charge < -0.3 is 5.32 Å². The number of rotatable bonds is 4. The Bertz CT molecular complexity index is 504. The average Bonchev–Trinajstić information content (AvgIpc) is 3.01. The lowest BCUT2D eigenvalue weighted by Gasteiger charge is -2.05. The van der Waals surface area contributed by atoms with Gasteiger partial charge in [-0.2, -0.15) is 0 Å². The topological polar surface area (TPSA) is 72.2 Å². The molecule has 1 N–H and O–H groups in total. The Morgan fingerprint density at radius 1 is 1.61 bits per heavy atom. The molecule has 1 aliphatic rings. The van der Waals surface area contributed by atoms with E-state index >= 15 is 0 Å². The Hall–Kier alpha value is -1.98. The van der Waals surface area contributed by atoms with Gasteiger partial charge in [0.1, 0.15) is 11.4 Å². The van der Waals surface area contributed by atoms with E-state index < -0.39 is 16.6 Å². The Kier molecular flexibility index (Phi) is 3.27. The summed E-state index contributed by atoms with van der Waals surface area (Å²) in [4.78, 5) is 21.8. The summed E-state index contributed by atoms with van der Waals surface area (Å²) in [6.45, 7) is 2.55. The Morgan fingerprint density at radius 2 is 2.28 bits per heavy atom. The smallest absolute Gasteiger partial charge is 0.282 e. The SMILES string of the molecule is CC1CC1CNC(=O)c1cc(F)ccc1[N+](=O)[O-]. The van der Waals surface area contributed by atoms with Gasteiger partial charge in [-0.25, -0.2) is 4.39 Å². The van der Waals surface area contributed by atoms with Gasteiger partial charge in [0.15, 0.2) is 0 Å². The first-order chi connectivity index (χ1) is 8.49. The van der Waals surface area contributed by atoms with Crippen LogP contribution in [0, 0.1) is 27.8 Å². The van der Waals surface area contributed by atoms with Crippen LogP contribution in [0.15, 0.2) is 18.2 Å². The molecule has 2 rings (SSSR count). The molecule has 1 aromatic rings. The minimum Gasteiger partial charge on any atom is -0.352 e. The van der Waals surface area contributed by atoms with Gasteiger partial charge in [-0.3, -0.25) is 14.9 Å². The highest BCUT2D eigenvalue weighted by Crippen LogP contribution is 2.36. The third-order valence-corrected chi connectivity index (χ3v) is 3.20. The standard InChI is InChI=1S/C12H13FN2O3/c1-7-4-8(7)6-14-12(16)10-5-9(13)2-3-11(10)15(17)18/h2-3,5,7-8H,4,6H2,1H3,(H,14,16). The van der Waals surface area contributed by atoms with Gasteiger partial charge in [0, 0.05) is 12.6 Å².